The third-order valence-electron chi connectivity index (χ3n) is 3.31. The molecule has 4 heteroatoms. The van der Waals surface area contributed by atoms with Gasteiger partial charge < -0.3 is 10.1 Å². The number of aromatic nitrogens is 2. The number of nitrogens with one attached hydrogen (secondary N) is 1. The summed E-state index contributed by atoms with van der Waals surface area (Å²) in [6.45, 7) is 7.41. The molecule has 108 valence electrons. The fourth-order valence-electron chi connectivity index (χ4n) is 2.09. The third-order valence-corrected chi connectivity index (χ3v) is 3.31. The summed E-state index contributed by atoms with van der Waals surface area (Å²) in [6.07, 6.45) is 2.12. The molecule has 0 saturated heterocycles. The zero-order valence-corrected chi connectivity index (χ0v) is 12.5. The molecule has 0 aliphatic carbocycles. The molecule has 0 atom stereocenters. The maximum Gasteiger partial charge on any atom is 0.0659 e. The van der Waals surface area contributed by atoms with Crippen molar-refractivity contribution in [3.8, 4) is 0 Å². The summed E-state index contributed by atoms with van der Waals surface area (Å²) in [5, 5.41) is 7.92. The largest absolute Gasteiger partial charge is 0.383 e. The molecule has 2 rings (SSSR count). The van der Waals surface area contributed by atoms with Crippen LogP contribution in [0.15, 0.2) is 30.5 Å². The van der Waals surface area contributed by atoms with Crippen LogP contribution in [0, 0.1) is 13.8 Å². The van der Waals surface area contributed by atoms with Crippen LogP contribution in [0.3, 0.4) is 0 Å². The lowest BCUT2D eigenvalue weighted by Gasteiger charge is -2.03. The predicted molar refractivity (Wildman–Crippen MR) is 80.8 cm³/mol. The van der Waals surface area contributed by atoms with Crippen LogP contribution in [0.25, 0.3) is 0 Å². The standard InChI is InChI=1S/C16H23N3O/c1-13-4-6-15(7-5-13)11-19-12-16(14(2)18-19)10-17-8-9-20-3/h4-7,12,17H,8-11H2,1-3H3. The number of hydrogen-bond acceptors (Lipinski definition) is 3. The molecule has 0 radical (unpaired) electrons. The molecular formula is C16H23N3O. The summed E-state index contributed by atoms with van der Waals surface area (Å²) < 4.78 is 7.03. The van der Waals surface area contributed by atoms with Gasteiger partial charge in [0.25, 0.3) is 0 Å². The van der Waals surface area contributed by atoms with Crippen LogP contribution in [0.2, 0.25) is 0 Å². The van der Waals surface area contributed by atoms with Crippen LogP contribution < -0.4 is 5.32 Å². The number of nitrogens with zero attached hydrogens (tertiary/aromatic N) is 2. The minimum atomic E-state index is 0.733. The van der Waals surface area contributed by atoms with Gasteiger partial charge in [0.1, 0.15) is 0 Å². The Labute approximate surface area is 120 Å². The molecule has 1 aromatic heterocycles. The molecule has 0 amide bonds. The predicted octanol–water partition coefficient (Wildman–Crippen LogP) is 2.28. The lowest BCUT2D eigenvalue weighted by Crippen LogP contribution is -2.18. The lowest BCUT2D eigenvalue weighted by molar-refractivity contribution is 0.199. The van der Waals surface area contributed by atoms with Gasteiger partial charge >= 0.3 is 0 Å². The molecule has 1 heterocycles. The minimum Gasteiger partial charge on any atom is -0.383 e. The summed E-state index contributed by atoms with van der Waals surface area (Å²) in [6, 6.07) is 8.59. The van der Waals surface area contributed by atoms with Crippen molar-refractivity contribution in [2.24, 2.45) is 0 Å². The van der Waals surface area contributed by atoms with E-state index in [-0.39, 0.29) is 0 Å². The molecule has 0 saturated carbocycles. The fraction of sp³-hybridized carbons (Fsp3) is 0.438. The number of methoxy groups -OCH3 is 1. The minimum absolute atomic E-state index is 0.733. The molecule has 0 spiro atoms. The van der Waals surface area contributed by atoms with E-state index in [1.54, 1.807) is 7.11 Å². The van der Waals surface area contributed by atoms with E-state index in [4.69, 9.17) is 4.74 Å². The first kappa shape index (κ1) is 14.8. The van der Waals surface area contributed by atoms with Crippen LogP contribution in [0.1, 0.15) is 22.4 Å². The second-order valence-electron chi connectivity index (χ2n) is 5.09. The quantitative estimate of drug-likeness (QED) is 0.787. The zero-order valence-electron chi connectivity index (χ0n) is 12.5. The van der Waals surface area contributed by atoms with Crippen molar-refractivity contribution >= 4 is 0 Å². The van der Waals surface area contributed by atoms with E-state index in [9.17, 15) is 0 Å². The molecule has 1 N–H and O–H groups in total. The summed E-state index contributed by atoms with van der Waals surface area (Å²) in [7, 11) is 1.71. The van der Waals surface area contributed by atoms with E-state index in [2.05, 4.69) is 54.7 Å². The Balaban J connectivity index is 1.94. The highest BCUT2D eigenvalue weighted by molar-refractivity contribution is 5.22. The molecule has 0 unspecified atom stereocenters. The molecule has 0 fully saturated rings. The summed E-state index contributed by atoms with van der Waals surface area (Å²) in [5.41, 5.74) is 4.89. The van der Waals surface area contributed by atoms with Crippen molar-refractivity contribution in [3.05, 3.63) is 52.8 Å². The Bertz CT molecular complexity index is 531. The van der Waals surface area contributed by atoms with E-state index < -0.39 is 0 Å². The van der Waals surface area contributed by atoms with Crippen LogP contribution in [-0.4, -0.2) is 30.0 Å². The van der Waals surface area contributed by atoms with Crippen LogP contribution in [0.5, 0.6) is 0 Å². The van der Waals surface area contributed by atoms with Crippen LogP contribution >= 0.6 is 0 Å². The van der Waals surface area contributed by atoms with Crippen molar-refractivity contribution in [2.45, 2.75) is 26.9 Å². The molecule has 2 aromatic rings. The topological polar surface area (TPSA) is 39.1 Å². The van der Waals surface area contributed by atoms with Gasteiger partial charge in [-0.25, -0.2) is 0 Å². The number of ether oxygens (including phenoxy) is 1. The van der Waals surface area contributed by atoms with Crippen LogP contribution in [0.4, 0.5) is 0 Å². The Morgan fingerprint density at radius 1 is 1.20 bits per heavy atom. The highest BCUT2D eigenvalue weighted by atomic mass is 16.5. The van der Waals surface area contributed by atoms with Crippen molar-refractivity contribution in [1.29, 1.82) is 0 Å². The Hall–Kier alpha value is -1.65. The highest BCUT2D eigenvalue weighted by Gasteiger charge is 2.05. The van der Waals surface area contributed by atoms with Crippen molar-refractivity contribution in [3.63, 3.8) is 0 Å². The smallest absolute Gasteiger partial charge is 0.0659 e. The van der Waals surface area contributed by atoms with Gasteiger partial charge in [-0.15, -0.1) is 0 Å². The normalized spacial score (nSPS) is 10.9. The number of hydrogen-bond donors (Lipinski definition) is 1. The van der Waals surface area contributed by atoms with Gasteiger partial charge in [0.15, 0.2) is 0 Å². The first-order chi connectivity index (χ1) is 9.69. The number of rotatable bonds is 7. The number of benzene rings is 1. The van der Waals surface area contributed by atoms with Gasteiger partial charge in [0.05, 0.1) is 18.8 Å². The van der Waals surface area contributed by atoms with Gasteiger partial charge in [-0.1, -0.05) is 29.8 Å². The Morgan fingerprint density at radius 3 is 2.65 bits per heavy atom. The van der Waals surface area contributed by atoms with Gasteiger partial charge in [-0.05, 0) is 19.4 Å². The molecule has 1 aromatic carbocycles. The maximum absolute atomic E-state index is 5.02. The van der Waals surface area contributed by atoms with Gasteiger partial charge in [-0.2, -0.15) is 5.10 Å². The average Bonchev–Trinajstić information content (AvgIpc) is 2.78. The Kier molecular flexibility index (Phi) is 5.32. The molecule has 0 aliphatic heterocycles. The second kappa shape index (κ2) is 7.22. The zero-order chi connectivity index (χ0) is 14.4. The third kappa shape index (κ3) is 4.18. The lowest BCUT2D eigenvalue weighted by atomic mass is 10.1. The molecule has 4 nitrogen and oxygen atoms in total. The molecular weight excluding hydrogens is 250 g/mol. The SMILES string of the molecule is COCCNCc1cn(Cc2ccc(C)cc2)nc1C. The molecule has 0 bridgehead atoms. The monoisotopic (exact) mass is 273 g/mol. The van der Waals surface area contributed by atoms with E-state index >= 15 is 0 Å². The first-order valence-corrected chi connectivity index (χ1v) is 6.97. The van der Waals surface area contributed by atoms with E-state index in [0.717, 1.165) is 31.9 Å². The molecule has 20 heavy (non-hydrogen) atoms. The summed E-state index contributed by atoms with van der Waals surface area (Å²) in [4.78, 5) is 0. The van der Waals surface area contributed by atoms with Crippen LogP contribution in [-0.2, 0) is 17.8 Å². The molecule has 0 aliphatic rings. The van der Waals surface area contributed by atoms with Gasteiger partial charge in [0.2, 0.25) is 0 Å². The first-order valence-electron chi connectivity index (χ1n) is 6.97. The fourth-order valence-corrected chi connectivity index (χ4v) is 2.09. The maximum atomic E-state index is 5.02. The van der Waals surface area contributed by atoms with Crippen molar-refractivity contribution in [2.75, 3.05) is 20.3 Å². The number of aryl methyl sites for hydroxylation is 2. The highest BCUT2D eigenvalue weighted by Crippen LogP contribution is 2.09. The van der Waals surface area contributed by atoms with Gasteiger partial charge in [-0.3, -0.25) is 4.68 Å². The summed E-state index contributed by atoms with van der Waals surface area (Å²) >= 11 is 0. The van der Waals surface area contributed by atoms with Crippen molar-refractivity contribution in [1.82, 2.24) is 15.1 Å². The average molecular weight is 273 g/mol. The van der Waals surface area contributed by atoms with E-state index in [0.29, 0.717) is 0 Å². The van der Waals surface area contributed by atoms with Crippen molar-refractivity contribution < 1.29 is 4.74 Å². The second-order valence-corrected chi connectivity index (χ2v) is 5.09. The summed E-state index contributed by atoms with van der Waals surface area (Å²) in [5.74, 6) is 0. The van der Waals surface area contributed by atoms with E-state index in [1.807, 2.05) is 4.68 Å². The Morgan fingerprint density at radius 2 is 1.95 bits per heavy atom. The van der Waals surface area contributed by atoms with E-state index in [1.165, 1.54) is 16.7 Å². The van der Waals surface area contributed by atoms with Gasteiger partial charge in [0, 0.05) is 32.0 Å².